The highest BCUT2D eigenvalue weighted by Gasteiger charge is 2.34. The maximum atomic E-state index is 6.40. The third kappa shape index (κ3) is 10.5. The quantitative estimate of drug-likeness (QED) is 0.205. The Balaban J connectivity index is 2.06. The normalized spacial score (nSPS) is 21.2. The van der Waals surface area contributed by atoms with Crippen LogP contribution in [0, 0.1) is 23.7 Å². The van der Waals surface area contributed by atoms with Crippen LogP contribution in [0.1, 0.15) is 51.4 Å². The maximum absolute atomic E-state index is 6.40. The van der Waals surface area contributed by atoms with Crippen molar-refractivity contribution in [2.45, 2.75) is 73.7 Å². The Bertz CT molecular complexity index is 689. The minimum absolute atomic E-state index is 0.0767. The van der Waals surface area contributed by atoms with Crippen LogP contribution in [0.4, 0.5) is 0 Å². The fraction of sp³-hybridized carbons (Fsp3) is 0.667. The summed E-state index contributed by atoms with van der Waals surface area (Å²) in [7, 11) is 0. The van der Waals surface area contributed by atoms with Gasteiger partial charge in [0.2, 0.25) is 11.6 Å². The van der Waals surface area contributed by atoms with Gasteiger partial charge in [-0.2, -0.15) is 0 Å². The van der Waals surface area contributed by atoms with E-state index in [1.54, 1.807) is 0 Å². The van der Waals surface area contributed by atoms with Gasteiger partial charge in [-0.1, -0.05) is 45.0 Å². The third-order valence-corrected chi connectivity index (χ3v) is 6.34. The topological polar surface area (TPSA) is 36.9 Å². The highest BCUT2D eigenvalue weighted by atomic mass is 79.9. The van der Waals surface area contributed by atoms with Crippen LogP contribution < -0.4 is 0 Å². The molecule has 0 aromatic rings. The molecule has 0 N–H and O–H groups in total. The molecule has 0 unspecified atom stereocenters. The Morgan fingerprint density at radius 1 is 0.750 bits per heavy atom. The van der Waals surface area contributed by atoms with Crippen LogP contribution in [0.25, 0.3) is 0 Å². The first-order valence-corrected chi connectivity index (χ1v) is 13.2. The molecule has 2 fully saturated rings. The molecule has 0 amide bonds. The second kappa shape index (κ2) is 14.4. The molecule has 0 aromatic carbocycles. The minimum Gasteiger partial charge on any atom is -0.340 e. The van der Waals surface area contributed by atoms with Crippen molar-refractivity contribution in [3.8, 4) is 23.7 Å². The average Bonchev–Trinajstić information content (AvgIpc) is 2.75. The Morgan fingerprint density at radius 3 is 1.41 bits per heavy atom. The van der Waals surface area contributed by atoms with Crippen LogP contribution in [0.15, 0.2) is 22.1 Å². The fourth-order valence-corrected chi connectivity index (χ4v) is 5.08. The molecule has 0 radical (unpaired) electrons. The van der Waals surface area contributed by atoms with Crippen molar-refractivity contribution in [3.63, 3.8) is 0 Å². The third-order valence-electron chi connectivity index (χ3n) is 4.95. The summed E-state index contributed by atoms with van der Waals surface area (Å²) >= 11 is 19.5. The predicted octanol–water partition coefficient (Wildman–Crippen LogP) is 6.63. The zero-order valence-corrected chi connectivity index (χ0v) is 22.9. The molecule has 2 saturated heterocycles. The minimum atomic E-state index is -0.993. The first-order chi connectivity index (χ1) is 15.2. The number of rotatable bonds is 10. The van der Waals surface area contributed by atoms with Crippen LogP contribution in [0.2, 0.25) is 0 Å². The summed E-state index contributed by atoms with van der Waals surface area (Å²) in [5, 5.41) is -0.153. The highest BCUT2D eigenvalue weighted by molar-refractivity contribution is 9.12. The molecule has 0 bridgehead atoms. The van der Waals surface area contributed by atoms with E-state index in [0.29, 0.717) is 65.0 Å². The van der Waals surface area contributed by atoms with E-state index in [-0.39, 0.29) is 10.8 Å². The standard InChI is InChI=1S/C24H30Br2Cl2O4/c1-19(25)17-21(27)7-11-23(29-13-5-14-30-23)9-3-4-10-24(31-15-6-16-32-24)12-8-22(28)18-20(2)26/h21-22H,1-2,5-8,11-18H2/t21-,22-/m1/s1. The lowest BCUT2D eigenvalue weighted by Gasteiger charge is -2.33. The second-order valence-corrected chi connectivity index (χ2v) is 11.3. The van der Waals surface area contributed by atoms with E-state index in [9.17, 15) is 0 Å². The molecule has 2 heterocycles. The largest absolute Gasteiger partial charge is 0.340 e. The van der Waals surface area contributed by atoms with E-state index in [4.69, 9.17) is 42.1 Å². The van der Waals surface area contributed by atoms with Crippen molar-refractivity contribution in [2.75, 3.05) is 26.4 Å². The van der Waals surface area contributed by atoms with E-state index in [1.807, 2.05) is 0 Å². The molecule has 8 heteroatoms. The molecule has 0 saturated carbocycles. The van der Waals surface area contributed by atoms with E-state index in [2.05, 4.69) is 68.7 Å². The number of allylic oxidation sites excluding steroid dienone is 2. The van der Waals surface area contributed by atoms with E-state index in [1.165, 1.54) is 0 Å². The van der Waals surface area contributed by atoms with Crippen molar-refractivity contribution in [3.05, 3.63) is 22.1 Å². The van der Waals surface area contributed by atoms with Gasteiger partial charge in [-0.05, 0) is 71.2 Å². The molecule has 32 heavy (non-hydrogen) atoms. The van der Waals surface area contributed by atoms with Gasteiger partial charge in [0.25, 0.3) is 0 Å². The number of alkyl halides is 2. The Hall–Kier alpha value is -0.0200. The van der Waals surface area contributed by atoms with Crippen LogP contribution in [-0.2, 0) is 18.9 Å². The fourth-order valence-electron chi connectivity index (χ4n) is 3.34. The Kier molecular flexibility index (Phi) is 12.7. The number of hydrogen-bond acceptors (Lipinski definition) is 4. The van der Waals surface area contributed by atoms with Crippen LogP contribution >= 0.6 is 55.1 Å². The Labute approximate surface area is 219 Å². The van der Waals surface area contributed by atoms with Crippen molar-refractivity contribution in [1.29, 1.82) is 0 Å². The lowest BCUT2D eigenvalue weighted by atomic mass is 10.1. The lowest BCUT2D eigenvalue weighted by Crippen LogP contribution is -2.40. The van der Waals surface area contributed by atoms with Gasteiger partial charge >= 0.3 is 0 Å². The predicted molar refractivity (Wildman–Crippen MR) is 137 cm³/mol. The molecular weight excluding hydrogens is 583 g/mol. The highest BCUT2D eigenvalue weighted by Crippen LogP contribution is 2.29. The zero-order valence-electron chi connectivity index (χ0n) is 18.2. The SMILES string of the molecule is C=C(Br)C[C@H](Cl)CCC1(C#CC#CC2(CC[C@@H](Cl)CC(=C)Br)OCCCO2)OCCCO1. The summed E-state index contributed by atoms with van der Waals surface area (Å²) in [6.45, 7) is 10.0. The molecule has 178 valence electrons. The Morgan fingerprint density at radius 2 is 1.09 bits per heavy atom. The van der Waals surface area contributed by atoms with Gasteiger partial charge in [-0.25, -0.2) is 0 Å². The average molecular weight is 613 g/mol. The van der Waals surface area contributed by atoms with Gasteiger partial charge in [0.15, 0.2) is 0 Å². The molecule has 2 atom stereocenters. The first kappa shape index (κ1) is 28.2. The monoisotopic (exact) mass is 610 g/mol. The van der Waals surface area contributed by atoms with Gasteiger partial charge in [0.1, 0.15) is 0 Å². The molecule has 2 rings (SSSR count). The molecule has 0 spiro atoms. The van der Waals surface area contributed by atoms with Crippen LogP contribution in [0.5, 0.6) is 0 Å². The van der Waals surface area contributed by atoms with Gasteiger partial charge in [0.05, 0.1) is 26.4 Å². The van der Waals surface area contributed by atoms with Gasteiger partial charge in [0, 0.05) is 23.6 Å². The van der Waals surface area contributed by atoms with Crippen molar-refractivity contribution >= 4 is 55.1 Å². The maximum Gasteiger partial charge on any atom is 0.234 e. The first-order valence-electron chi connectivity index (χ1n) is 10.8. The van der Waals surface area contributed by atoms with Crippen molar-refractivity contribution in [2.24, 2.45) is 0 Å². The second-order valence-electron chi connectivity index (χ2n) is 7.82. The number of ether oxygens (including phenoxy) is 4. The molecule has 4 nitrogen and oxygen atoms in total. The number of halogens is 4. The van der Waals surface area contributed by atoms with Crippen molar-refractivity contribution < 1.29 is 18.9 Å². The van der Waals surface area contributed by atoms with Gasteiger partial charge in [-0.15, -0.1) is 23.2 Å². The van der Waals surface area contributed by atoms with E-state index in [0.717, 1.165) is 21.8 Å². The summed E-state index contributed by atoms with van der Waals surface area (Å²) in [5.74, 6) is 9.98. The number of hydrogen-bond donors (Lipinski definition) is 0. The summed E-state index contributed by atoms with van der Waals surface area (Å²) in [6, 6.07) is 0. The molecule has 0 aromatic heterocycles. The van der Waals surface area contributed by atoms with Crippen LogP contribution in [0.3, 0.4) is 0 Å². The zero-order chi connectivity index (χ0) is 23.5. The van der Waals surface area contributed by atoms with Crippen LogP contribution in [-0.4, -0.2) is 48.8 Å². The summed E-state index contributed by atoms with van der Waals surface area (Å²) < 4.78 is 25.4. The molecule has 2 aliphatic rings. The van der Waals surface area contributed by atoms with E-state index < -0.39 is 11.6 Å². The van der Waals surface area contributed by atoms with Crippen molar-refractivity contribution in [1.82, 2.24) is 0 Å². The lowest BCUT2D eigenvalue weighted by molar-refractivity contribution is -0.233. The van der Waals surface area contributed by atoms with Gasteiger partial charge in [-0.3, -0.25) is 0 Å². The van der Waals surface area contributed by atoms with E-state index >= 15 is 0 Å². The summed E-state index contributed by atoms with van der Waals surface area (Å²) in [4.78, 5) is 0. The van der Waals surface area contributed by atoms with Gasteiger partial charge < -0.3 is 18.9 Å². The molecule has 2 aliphatic heterocycles. The molecular formula is C24H30Br2Cl2O4. The smallest absolute Gasteiger partial charge is 0.234 e. The molecule has 0 aliphatic carbocycles. The summed E-state index contributed by atoms with van der Waals surface area (Å²) in [6.07, 6.45) is 5.49. The summed E-state index contributed by atoms with van der Waals surface area (Å²) in [5.41, 5.74) is 0.